The van der Waals surface area contributed by atoms with Gasteiger partial charge >= 0.3 is 0 Å². The molecule has 0 saturated heterocycles. The molecule has 1 saturated carbocycles. The van der Waals surface area contributed by atoms with Gasteiger partial charge in [-0.05, 0) is 90.9 Å². The predicted molar refractivity (Wildman–Crippen MR) is 172 cm³/mol. The summed E-state index contributed by atoms with van der Waals surface area (Å²) in [6.07, 6.45) is 6.31. The SMILES string of the molecule is CCCCn1c(SCC(=O)N2N=C3C(=Cc4ccc(F)cc4)CCCC3C2c2ccc(F)cc2)nc2cc(S(N)(=O)=O)ccc21. The van der Waals surface area contributed by atoms with E-state index < -0.39 is 16.1 Å². The van der Waals surface area contributed by atoms with Crippen LogP contribution in [0.2, 0.25) is 0 Å². The molecule has 234 valence electrons. The number of hydrazone groups is 1. The summed E-state index contributed by atoms with van der Waals surface area (Å²) < 4.78 is 53.4. The number of unbranched alkanes of at least 4 members (excludes halogenated alkanes) is 1. The van der Waals surface area contributed by atoms with E-state index in [0.717, 1.165) is 60.0 Å². The molecule has 0 bridgehead atoms. The number of fused-ring (bicyclic) bond motifs is 2. The van der Waals surface area contributed by atoms with Gasteiger partial charge in [0.2, 0.25) is 10.0 Å². The molecule has 0 spiro atoms. The lowest BCUT2D eigenvalue weighted by Gasteiger charge is -2.29. The zero-order chi connectivity index (χ0) is 31.7. The first kappa shape index (κ1) is 31.1. The molecule has 2 unspecified atom stereocenters. The van der Waals surface area contributed by atoms with E-state index in [1.165, 1.54) is 53.2 Å². The number of rotatable bonds is 9. The summed E-state index contributed by atoms with van der Waals surface area (Å²) in [6.45, 7) is 2.73. The van der Waals surface area contributed by atoms with Crippen molar-refractivity contribution in [3.05, 3.63) is 95.1 Å². The monoisotopic (exact) mass is 649 g/mol. The van der Waals surface area contributed by atoms with Gasteiger partial charge in [-0.3, -0.25) is 4.79 Å². The lowest BCUT2D eigenvalue weighted by molar-refractivity contribution is -0.130. The first-order valence-corrected chi connectivity index (χ1v) is 17.4. The highest BCUT2D eigenvalue weighted by molar-refractivity contribution is 7.99. The molecule has 6 rings (SSSR count). The summed E-state index contributed by atoms with van der Waals surface area (Å²) in [5.74, 6) is -0.929. The van der Waals surface area contributed by atoms with Crippen LogP contribution in [0.15, 0.2) is 87.5 Å². The van der Waals surface area contributed by atoms with Crippen LogP contribution in [0.3, 0.4) is 0 Å². The van der Waals surface area contributed by atoms with E-state index in [-0.39, 0.29) is 34.1 Å². The van der Waals surface area contributed by atoms with Gasteiger partial charge in [0.05, 0.1) is 33.4 Å². The second-order valence-corrected chi connectivity index (χ2v) is 13.8. The number of sulfonamides is 1. The molecule has 4 aromatic rings. The van der Waals surface area contributed by atoms with E-state index in [9.17, 15) is 22.0 Å². The van der Waals surface area contributed by atoms with Crippen molar-refractivity contribution in [3.63, 3.8) is 0 Å². The Morgan fingerprint density at radius 2 is 1.78 bits per heavy atom. The third kappa shape index (κ3) is 6.58. The van der Waals surface area contributed by atoms with Crippen LogP contribution < -0.4 is 5.14 Å². The van der Waals surface area contributed by atoms with Crippen molar-refractivity contribution < 1.29 is 22.0 Å². The first-order chi connectivity index (χ1) is 21.6. The molecule has 2 aliphatic rings. The van der Waals surface area contributed by atoms with Gasteiger partial charge < -0.3 is 4.57 Å². The highest BCUT2D eigenvalue weighted by Gasteiger charge is 2.43. The van der Waals surface area contributed by atoms with E-state index in [1.807, 2.05) is 10.6 Å². The number of benzene rings is 3. The van der Waals surface area contributed by atoms with E-state index in [1.54, 1.807) is 30.3 Å². The van der Waals surface area contributed by atoms with Gasteiger partial charge in [-0.15, -0.1) is 0 Å². The number of carbonyl (C=O) groups is 1. The number of amides is 1. The van der Waals surface area contributed by atoms with Crippen LogP contribution in [-0.2, 0) is 21.4 Å². The average molecular weight is 650 g/mol. The molecule has 2 heterocycles. The van der Waals surface area contributed by atoms with Gasteiger partial charge in [-0.25, -0.2) is 32.3 Å². The van der Waals surface area contributed by atoms with Gasteiger partial charge in [0, 0.05) is 12.5 Å². The van der Waals surface area contributed by atoms with Crippen LogP contribution in [0.1, 0.15) is 56.2 Å². The van der Waals surface area contributed by atoms with Crippen LogP contribution in [0.5, 0.6) is 0 Å². The molecule has 3 aromatic carbocycles. The van der Waals surface area contributed by atoms with Crippen LogP contribution in [0.4, 0.5) is 8.78 Å². The second-order valence-electron chi connectivity index (χ2n) is 11.3. The Labute approximate surface area is 265 Å². The molecule has 1 fully saturated rings. The molecule has 8 nitrogen and oxygen atoms in total. The molecular weight excluding hydrogens is 617 g/mol. The fourth-order valence-corrected chi connectivity index (χ4v) is 7.49. The van der Waals surface area contributed by atoms with Crippen molar-refractivity contribution in [2.24, 2.45) is 16.2 Å². The number of nitrogens with zero attached hydrogens (tertiary/aromatic N) is 4. The number of hydrogen-bond acceptors (Lipinski definition) is 6. The Balaban J connectivity index is 1.32. The van der Waals surface area contributed by atoms with Crippen molar-refractivity contribution in [2.75, 3.05) is 5.75 Å². The molecule has 2 N–H and O–H groups in total. The zero-order valence-corrected chi connectivity index (χ0v) is 26.3. The molecule has 1 aliphatic heterocycles. The molecule has 1 aromatic heterocycles. The zero-order valence-electron chi connectivity index (χ0n) is 24.7. The summed E-state index contributed by atoms with van der Waals surface area (Å²) in [5, 5.41) is 12.4. The number of allylic oxidation sites excluding steroid dienone is 1. The fraction of sp³-hybridized carbons (Fsp3) is 0.303. The van der Waals surface area contributed by atoms with Crippen LogP contribution in [0, 0.1) is 17.6 Å². The van der Waals surface area contributed by atoms with Crippen LogP contribution in [0.25, 0.3) is 17.1 Å². The summed E-state index contributed by atoms with van der Waals surface area (Å²) in [6, 6.07) is 16.7. The lowest BCUT2D eigenvalue weighted by atomic mass is 9.77. The van der Waals surface area contributed by atoms with Gasteiger partial charge in [-0.1, -0.05) is 49.4 Å². The smallest absolute Gasteiger partial charge is 0.253 e. The van der Waals surface area contributed by atoms with Gasteiger partial charge in [-0.2, -0.15) is 5.10 Å². The number of nitrogens with two attached hydrogens (primary N) is 1. The summed E-state index contributed by atoms with van der Waals surface area (Å²) in [7, 11) is -3.90. The van der Waals surface area contributed by atoms with Gasteiger partial charge in [0.25, 0.3) is 5.91 Å². The van der Waals surface area contributed by atoms with Crippen LogP contribution in [-0.4, -0.2) is 40.3 Å². The van der Waals surface area contributed by atoms with E-state index >= 15 is 0 Å². The molecule has 1 amide bonds. The van der Waals surface area contributed by atoms with Crippen molar-refractivity contribution >= 4 is 50.5 Å². The molecule has 2 atom stereocenters. The molecule has 45 heavy (non-hydrogen) atoms. The largest absolute Gasteiger partial charge is 0.319 e. The minimum Gasteiger partial charge on any atom is -0.319 e. The predicted octanol–water partition coefficient (Wildman–Crippen LogP) is 6.68. The number of aromatic nitrogens is 2. The maximum atomic E-state index is 14.0. The Bertz CT molecular complexity index is 1910. The minimum absolute atomic E-state index is 0.0232. The molecular formula is C33H33F2N5O3S2. The normalized spacial score (nSPS) is 19.2. The van der Waals surface area contributed by atoms with Crippen molar-refractivity contribution in [3.8, 4) is 0 Å². The van der Waals surface area contributed by atoms with E-state index in [2.05, 4.69) is 11.9 Å². The van der Waals surface area contributed by atoms with E-state index in [0.29, 0.717) is 17.2 Å². The summed E-state index contributed by atoms with van der Waals surface area (Å²) in [5.41, 5.74) is 4.72. The fourth-order valence-electron chi connectivity index (χ4n) is 6.06. The number of hydrogen-bond donors (Lipinski definition) is 1. The van der Waals surface area contributed by atoms with Gasteiger partial charge in [0.15, 0.2) is 5.16 Å². The summed E-state index contributed by atoms with van der Waals surface area (Å²) in [4.78, 5) is 18.6. The number of thioether (sulfide) groups is 1. The topological polar surface area (TPSA) is 111 Å². The summed E-state index contributed by atoms with van der Waals surface area (Å²) >= 11 is 1.27. The lowest BCUT2D eigenvalue weighted by Crippen LogP contribution is -2.33. The Kier molecular flexibility index (Phi) is 8.89. The first-order valence-electron chi connectivity index (χ1n) is 14.9. The van der Waals surface area contributed by atoms with Crippen molar-refractivity contribution in [1.82, 2.24) is 14.6 Å². The standard InChI is InChI=1S/C33H33F2N5O3S2/c1-2-3-17-39-29-16-15-26(45(36,42)43)19-28(29)37-33(39)44-20-30(41)40-32(22-9-13-25(35)14-10-22)27-6-4-5-23(31(27)38-40)18-21-7-11-24(34)12-8-21/h7-16,18-19,27,32H,2-6,17,20H2,1H3,(H2,36,42,43). The van der Waals surface area contributed by atoms with Gasteiger partial charge in [0.1, 0.15) is 11.6 Å². The molecule has 0 radical (unpaired) electrons. The number of aryl methyl sites for hydroxylation is 1. The highest BCUT2D eigenvalue weighted by atomic mass is 32.2. The highest BCUT2D eigenvalue weighted by Crippen LogP contribution is 2.45. The van der Waals surface area contributed by atoms with E-state index in [4.69, 9.17) is 10.2 Å². The Morgan fingerprint density at radius 3 is 2.47 bits per heavy atom. The molecule has 12 heteroatoms. The third-order valence-electron chi connectivity index (χ3n) is 8.25. The van der Waals surface area contributed by atoms with Crippen molar-refractivity contribution in [1.29, 1.82) is 0 Å². The minimum atomic E-state index is -3.90. The average Bonchev–Trinajstić information content (AvgIpc) is 3.58. The van der Waals surface area contributed by atoms with Crippen molar-refractivity contribution in [2.45, 2.75) is 61.7 Å². The number of primary sulfonamides is 1. The Morgan fingerprint density at radius 1 is 1.07 bits per heavy atom. The van der Waals surface area contributed by atoms with Crippen LogP contribution >= 0.6 is 11.8 Å². The quantitative estimate of drug-likeness (QED) is 0.204. The number of halogens is 2. The second kappa shape index (κ2) is 12.9. The number of carbonyl (C=O) groups excluding carboxylic acids is 1. The molecule has 1 aliphatic carbocycles. The maximum Gasteiger partial charge on any atom is 0.253 e. The third-order valence-corrected chi connectivity index (χ3v) is 10.1. The maximum absolute atomic E-state index is 14.0. The Hall–Kier alpha value is -3.87. The number of imidazole rings is 1.